The standard InChI is InChI=1S/C14H12N2O4/c15-9-5-1-3-7(13(17)18)11(9)12-8(14(19)20)4-2-6-10(12)16/h1-6H,15-16H2,(H,17,18)(H,19,20). The van der Waals surface area contributed by atoms with Crippen molar-refractivity contribution in [1.82, 2.24) is 0 Å². The van der Waals surface area contributed by atoms with Crippen molar-refractivity contribution in [1.29, 1.82) is 0 Å². The summed E-state index contributed by atoms with van der Waals surface area (Å²) in [4.78, 5) is 22.6. The molecule has 0 fully saturated rings. The van der Waals surface area contributed by atoms with Gasteiger partial charge in [0, 0.05) is 22.5 Å². The summed E-state index contributed by atoms with van der Waals surface area (Å²) < 4.78 is 0. The van der Waals surface area contributed by atoms with E-state index in [0.29, 0.717) is 0 Å². The first-order chi connectivity index (χ1) is 9.43. The second-order valence-corrected chi connectivity index (χ2v) is 4.15. The monoisotopic (exact) mass is 272 g/mol. The van der Waals surface area contributed by atoms with Gasteiger partial charge in [0.05, 0.1) is 11.1 Å². The van der Waals surface area contributed by atoms with Crippen LogP contribution in [0.3, 0.4) is 0 Å². The number of benzene rings is 2. The first-order valence-electron chi connectivity index (χ1n) is 5.67. The Morgan fingerprint density at radius 3 is 1.40 bits per heavy atom. The number of hydrogen-bond donors (Lipinski definition) is 4. The van der Waals surface area contributed by atoms with Crippen LogP contribution in [-0.4, -0.2) is 22.2 Å². The number of carboxylic acids is 2. The lowest BCUT2D eigenvalue weighted by Crippen LogP contribution is -2.08. The smallest absolute Gasteiger partial charge is 0.336 e. The first kappa shape index (κ1) is 13.4. The van der Waals surface area contributed by atoms with Gasteiger partial charge in [0.15, 0.2) is 0 Å². The van der Waals surface area contributed by atoms with Gasteiger partial charge in [-0.3, -0.25) is 0 Å². The molecule has 0 aliphatic rings. The van der Waals surface area contributed by atoms with Gasteiger partial charge in [-0.1, -0.05) is 12.1 Å². The van der Waals surface area contributed by atoms with E-state index < -0.39 is 11.9 Å². The van der Waals surface area contributed by atoms with Gasteiger partial charge >= 0.3 is 11.9 Å². The molecule has 0 radical (unpaired) electrons. The molecule has 0 heterocycles. The normalized spacial score (nSPS) is 10.2. The molecule has 2 rings (SSSR count). The molecule has 6 nitrogen and oxygen atoms in total. The lowest BCUT2D eigenvalue weighted by atomic mass is 9.92. The largest absolute Gasteiger partial charge is 0.478 e. The van der Waals surface area contributed by atoms with Gasteiger partial charge in [0.25, 0.3) is 0 Å². The summed E-state index contributed by atoms with van der Waals surface area (Å²) in [6.07, 6.45) is 0. The highest BCUT2D eigenvalue weighted by atomic mass is 16.4. The molecule has 6 N–H and O–H groups in total. The molecule has 0 saturated carbocycles. The SMILES string of the molecule is Nc1cccc(C(=O)O)c1-c1c(N)cccc1C(=O)O. The predicted molar refractivity (Wildman–Crippen MR) is 74.6 cm³/mol. The fraction of sp³-hybridized carbons (Fsp3) is 0. The van der Waals surface area contributed by atoms with Gasteiger partial charge in [0.1, 0.15) is 0 Å². The van der Waals surface area contributed by atoms with Crippen molar-refractivity contribution in [2.45, 2.75) is 0 Å². The number of rotatable bonds is 3. The van der Waals surface area contributed by atoms with Crippen LogP contribution in [0.25, 0.3) is 11.1 Å². The molecule has 0 amide bonds. The van der Waals surface area contributed by atoms with Gasteiger partial charge in [0.2, 0.25) is 0 Å². The second-order valence-electron chi connectivity index (χ2n) is 4.15. The van der Waals surface area contributed by atoms with E-state index in [0.717, 1.165) is 0 Å². The van der Waals surface area contributed by atoms with Crippen molar-refractivity contribution < 1.29 is 19.8 Å². The van der Waals surface area contributed by atoms with Crippen LogP contribution in [-0.2, 0) is 0 Å². The Labute approximate surface area is 114 Å². The number of carbonyl (C=O) groups is 2. The third-order valence-electron chi connectivity index (χ3n) is 2.90. The highest BCUT2D eigenvalue weighted by Gasteiger charge is 2.21. The summed E-state index contributed by atoms with van der Waals surface area (Å²) in [6, 6.07) is 8.68. The van der Waals surface area contributed by atoms with Crippen molar-refractivity contribution in [2.24, 2.45) is 0 Å². The van der Waals surface area contributed by atoms with Gasteiger partial charge in [-0.2, -0.15) is 0 Å². The maximum Gasteiger partial charge on any atom is 0.336 e. The molecule has 0 aliphatic heterocycles. The molecule has 0 atom stereocenters. The van der Waals surface area contributed by atoms with Gasteiger partial charge in [-0.15, -0.1) is 0 Å². The number of nitrogens with two attached hydrogens (primary N) is 2. The Balaban J connectivity index is 2.88. The van der Waals surface area contributed by atoms with E-state index in [1.54, 1.807) is 0 Å². The number of carboxylic acid groups (broad SMARTS) is 2. The molecular formula is C14H12N2O4. The Kier molecular flexibility index (Phi) is 3.30. The number of anilines is 2. The van der Waals surface area contributed by atoms with E-state index >= 15 is 0 Å². The van der Waals surface area contributed by atoms with E-state index in [-0.39, 0.29) is 33.6 Å². The van der Waals surface area contributed by atoms with Gasteiger partial charge < -0.3 is 21.7 Å². The maximum atomic E-state index is 11.3. The first-order valence-corrected chi connectivity index (χ1v) is 5.67. The summed E-state index contributed by atoms with van der Waals surface area (Å²) >= 11 is 0. The van der Waals surface area contributed by atoms with Crippen molar-refractivity contribution in [3.05, 3.63) is 47.5 Å². The van der Waals surface area contributed by atoms with Crippen LogP contribution >= 0.6 is 0 Å². The summed E-state index contributed by atoms with van der Waals surface area (Å²) in [5, 5.41) is 18.5. The zero-order valence-corrected chi connectivity index (χ0v) is 10.3. The molecule has 2 aromatic rings. The molecule has 6 heteroatoms. The minimum absolute atomic E-state index is 0.0922. The van der Waals surface area contributed by atoms with Crippen LogP contribution in [0, 0.1) is 0 Å². The average Bonchev–Trinajstić information content (AvgIpc) is 2.38. The summed E-state index contributed by atoms with van der Waals surface area (Å²) in [6.45, 7) is 0. The van der Waals surface area contributed by atoms with Crippen LogP contribution in [0.1, 0.15) is 20.7 Å². The fourth-order valence-corrected chi connectivity index (χ4v) is 2.05. The zero-order valence-electron chi connectivity index (χ0n) is 10.3. The van der Waals surface area contributed by atoms with Gasteiger partial charge in [-0.05, 0) is 24.3 Å². The Morgan fingerprint density at radius 2 is 1.10 bits per heavy atom. The second kappa shape index (κ2) is 4.93. The molecule has 0 spiro atoms. The molecule has 0 aliphatic carbocycles. The van der Waals surface area contributed by atoms with Crippen molar-refractivity contribution in [2.75, 3.05) is 11.5 Å². The highest BCUT2D eigenvalue weighted by Crippen LogP contribution is 2.36. The third kappa shape index (κ3) is 2.14. The number of aromatic carboxylic acids is 2. The molecule has 0 saturated heterocycles. The summed E-state index contributed by atoms with van der Waals surface area (Å²) in [5.41, 5.74) is 12.0. The quantitative estimate of drug-likeness (QED) is 0.632. The topological polar surface area (TPSA) is 127 Å². The Hall–Kier alpha value is -3.02. The fourth-order valence-electron chi connectivity index (χ4n) is 2.05. The predicted octanol–water partition coefficient (Wildman–Crippen LogP) is 1.91. The molecule has 102 valence electrons. The van der Waals surface area contributed by atoms with E-state index in [1.165, 1.54) is 36.4 Å². The van der Waals surface area contributed by atoms with Crippen molar-refractivity contribution >= 4 is 23.3 Å². The summed E-state index contributed by atoms with van der Waals surface area (Å²) in [5.74, 6) is -2.40. The maximum absolute atomic E-state index is 11.3. The van der Waals surface area contributed by atoms with Crippen LogP contribution < -0.4 is 11.5 Å². The lowest BCUT2D eigenvalue weighted by Gasteiger charge is -2.14. The Bertz CT molecular complexity index is 649. The molecule has 0 unspecified atom stereocenters. The zero-order chi connectivity index (χ0) is 14.9. The highest BCUT2D eigenvalue weighted by molar-refractivity contribution is 6.07. The van der Waals surface area contributed by atoms with Crippen LogP contribution in [0.4, 0.5) is 11.4 Å². The third-order valence-corrected chi connectivity index (χ3v) is 2.90. The van der Waals surface area contributed by atoms with Crippen LogP contribution in [0.15, 0.2) is 36.4 Å². The number of nitrogen functional groups attached to an aromatic ring is 2. The van der Waals surface area contributed by atoms with Crippen LogP contribution in [0.5, 0.6) is 0 Å². The van der Waals surface area contributed by atoms with E-state index in [1.807, 2.05) is 0 Å². The van der Waals surface area contributed by atoms with Gasteiger partial charge in [-0.25, -0.2) is 9.59 Å². The van der Waals surface area contributed by atoms with Crippen molar-refractivity contribution in [3.8, 4) is 11.1 Å². The van der Waals surface area contributed by atoms with E-state index in [9.17, 15) is 19.8 Å². The van der Waals surface area contributed by atoms with E-state index in [4.69, 9.17) is 11.5 Å². The van der Waals surface area contributed by atoms with E-state index in [2.05, 4.69) is 0 Å². The minimum Gasteiger partial charge on any atom is -0.478 e. The molecule has 20 heavy (non-hydrogen) atoms. The lowest BCUT2D eigenvalue weighted by molar-refractivity contribution is 0.0684. The molecule has 0 aromatic heterocycles. The molecule has 2 aromatic carbocycles. The van der Waals surface area contributed by atoms with Crippen molar-refractivity contribution in [3.63, 3.8) is 0 Å². The summed E-state index contributed by atoms with van der Waals surface area (Å²) in [7, 11) is 0. The average molecular weight is 272 g/mol. The minimum atomic E-state index is -1.20. The number of hydrogen-bond acceptors (Lipinski definition) is 4. The molecule has 0 bridgehead atoms. The molecular weight excluding hydrogens is 260 g/mol. The Morgan fingerprint density at radius 1 is 0.750 bits per heavy atom. The van der Waals surface area contributed by atoms with Crippen LogP contribution in [0.2, 0.25) is 0 Å².